The molecule has 3 nitrogen and oxygen atoms in total. The van der Waals surface area contributed by atoms with Crippen molar-refractivity contribution in [2.75, 3.05) is 6.61 Å². The molecule has 0 unspecified atom stereocenters. The second kappa shape index (κ2) is 6.18. The summed E-state index contributed by atoms with van der Waals surface area (Å²) < 4.78 is 30.0. The van der Waals surface area contributed by atoms with E-state index in [4.69, 9.17) is 9.84 Å². The van der Waals surface area contributed by atoms with Gasteiger partial charge in [0, 0.05) is 12.0 Å². The van der Waals surface area contributed by atoms with E-state index in [-0.39, 0.29) is 30.8 Å². The zero-order valence-corrected chi connectivity index (χ0v) is 9.45. The van der Waals surface area contributed by atoms with Gasteiger partial charge in [-0.2, -0.15) is 0 Å². The van der Waals surface area contributed by atoms with E-state index in [0.717, 1.165) is 6.07 Å². The highest BCUT2D eigenvalue weighted by Gasteiger charge is 2.14. The highest BCUT2D eigenvalue weighted by molar-refractivity contribution is 5.69. The lowest BCUT2D eigenvalue weighted by Crippen LogP contribution is -2.06. The summed E-state index contributed by atoms with van der Waals surface area (Å²) in [5, 5.41) is 9.12. The van der Waals surface area contributed by atoms with Gasteiger partial charge in [-0.1, -0.05) is 6.07 Å². The third kappa shape index (κ3) is 4.01. The Morgan fingerprint density at radius 3 is 2.76 bits per heavy atom. The summed E-state index contributed by atoms with van der Waals surface area (Å²) in [6.45, 7) is 1.96. The second-order valence-corrected chi connectivity index (χ2v) is 3.49. The number of hydrogen-bond donors (Lipinski definition) is 1. The molecule has 0 aliphatic carbocycles. The number of phenols is 1. The minimum absolute atomic E-state index is 0.0539. The van der Waals surface area contributed by atoms with Crippen molar-refractivity contribution in [1.82, 2.24) is 0 Å². The van der Waals surface area contributed by atoms with Crippen molar-refractivity contribution >= 4 is 5.97 Å². The molecule has 0 radical (unpaired) electrons. The lowest BCUT2D eigenvalue weighted by Gasteiger charge is -2.09. The molecule has 0 atom stereocenters. The molecular weight excluding hydrogens is 230 g/mol. The number of halogens is 2. The number of hydrogen-bond acceptors (Lipinski definition) is 3. The van der Waals surface area contributed by atoms with E-state index in [1.165, 1.54) is 12.1 Å². The molecule has 17 heavy (non-hydrogen) atoms. The zero-order valence-electron chi connectivity index (χ0n) is 9.45. The van der Waals surface area contributed by atoms with Crippen LogP contribution in [0.15, 0.2) is 18.2 Å². The Labute approximate surface area is 98.0 Å². The number of esters is 1. The van der Waals surface area contributed by atoms with Crippen LogP contribution in [-0.2, 0) is 16.0 Å². The summed E-state index contributed by atoms with van der Waals surface area (Å²) in [5.74, 6) is -0.624. The van der Waals surface area contributed by atoms with Gasteiger partial charge in [0.05, 0.1) is 6.61 Å². The van der Waals surface area contributed by atoms with Gasteiger partial charge in [0.1, 0.15) is 5.75 Å². The summed E-state index contributed by atoms with van der Waals surface area (Å²) in [6.07, 6.45) is -2.43. The van der Waals surface area contributed by atoms with Gasteiger partial charge < -0.3 is 9.84 Å². The summed E-state index contributed by atoms with van der Waals surface area (Å²) in [7, 11) is 0. The smallest absolute Gasteiger partial charge is 0.306 e. The predicted molar refractivity (Wildman–Crippen MR) is 58.0 cm³/mol. The lowest BCUT2D eigenvalue weighted by molar-refractivity contribution is -0.143. The molecular formula is C12H14F2O3. The van der Waals surface area contributed by atoms with Crippen LogP contribution < -0.4 is 0 Å². The standard InChI is InChI=1S/C12H14F2O3/c1-2-17-11(16)6-4-8-3-5-9(15)7-10(8)12(13)14/h3,5,7,12,15H,2,4,6H2,1H3. The molecule has 5 heteroatoms. The summed E-state index contributed by atoms with van der Waals surface area (Å²) >= 11 is 0. The van der Waals surface area contributed by atoms with Crippen LogP contribution in [0.1, 0.15) is 30.9 Å². The fourth-order valence-electron chi connectivity index (χ4n) is 1.48. The van der Waals surface area contributed by atoms with Crippen LogP contribution in [0.25, 0.3) is 0 Å². The Hall–Kier alpha value is -1.65. The monoisotopic (exact) mass is 244 g/mol. The van der Waals surface area contributed by atoms with Gasteiger partial charge in [-0.05, 0) is 31.0 Å². The van der Waals surface area contributed by atoms with Crippen LogP contribution in [0.3, 0.4) is 0 Å². The molecule has 0 amide bonds. The molecule has 0 aromatic heterocycles. The Morgan fingerprint density at radius 2 is 2.18 bits per heavy atom. The molecule has 94 valence electrons. The van der Waals surface area contributed by atoms with Gasteiger partial charge in [0.15, 0.2) is 0 Å². The first-order valence-corrected chi connectivity index (χ1v) is 5.30. The molecule has 0 heterocycles. The average Bonchev–Trinajstić information content (AvgIpc) is 2.27. The Bertz CT molecular complexity index is 391. The molecule has 1 N–H and O–H groups in total. The minimum Gasteiger partial charge on any atom is -0.508 e. The van der Waals surface area contributed by atoms with E-state index < -0.39 is 12.4 Å². The summed E-state index contributed by atoms with van der Waals surface area (Å²) in [5.41, 5.74) is 0.111. The quantitative estimate of drug-likeness (QED) is 0.810. The van der Waals surface area contributed by atoms with Crippen molar-refractivity contribution in [3.63, 3.8) is 0 Å². The van der Waals surface area contributed by atoms with Crippen molar-refractivity contribution in [2.24, 2.45) is 0 Å². The number of aryl methyl sites for hydroxylation is 1. The Balaban J connectivity index is 2.73. The van der Waals surface area contributed by atoms with Gasteiger partial charge in [0.2, 0.25) is 0 Å². The first-order valence-electron chi connectivity index (χ1n) is 5.30. The van der Waals surface area contributed by atoms with Crippen LogP contribution in [0.5, 0.6) is 5.75 Å². The van der Waals surface area contributed by atoms with E-state index in [2.05, 4.69) is 0 Å². The van der Waals surface area contributed by atoms with Gasteiger partial charge in [0.25, 0.3) is 6.43 Å². The summed E-state index contributed by atoms with van der Waals surface area (Å²) in [4.78, 5) is 11.1. The van der Waals surface area contributed by atoms with Gasteiger partial charge in [-0.25, -0.2) is 8.78 Å². The molecule has 0 fully saturated rings. The molecule has 0 bridgehead atoms. The van der Waals surface area contributed by atoms with Crippen molar-refractivity contribution in [1.29, 1.82) is 0 Å². The molecule has 0 spiro atoms. The van der Waals surface area contributed by atoms with Crippen molar-refractivity contribution in [3.05, 3.63) is 29.3 Å². The maximum atomic E-state index is 12.7. The summed E-state index contributed by atoms with van der Waals surface area (Å²) in [6, 6.07) is 3.74. The first-order chi connectivity index (χ1) is 8.04. The van der Waals surface area contributed by atoms with Crippen molar-refractivity contribution < 1.29 is 23.4 Å². The van der Waals surface area contributed by atoms with Gasteiger partial charge in [-0.3, -0.25) is 4.79 Å². The highest BCUT2D eigenvalue weighted by Crippen LogP contribution is 2.27. The van der Waals surface area contributed by atoms with Crippen LogP contribution in [0.2, 0.25) is 0 Å². The minimum atomic E-state index is -2.67. The molecule has 0 aliphatic rings. The normalized spacial score (nSPS) is 10.6. The van der Waals surface area contributed by atoms with E-state index in [0.29, 0.717) is 5.56 Å². The Morgan fingerprint density at radius 1 is 1.47 bits per heavy atom. The maximum absolute atomic E-state index is 12.7. The van der Waals surface area contributed by atoms with Crippen LogP contribution in [0, 0.1) is 0 Å². The fourth-order valence-corrected chi connectivity index (χ4v) is 1.48. The fraction of sp³-hybridized carbons (Fsp3) is 0.417. The molecule has 1 aromatic rings. The molecule has 1 rings (SSSR count). The number of phenolic OH excluding ortho intramolecular Hbond substituents is 1. The van der Waals surface area contributed by atoms with E-state index in [9.17, 15) is 13.6 Å². The van der Waals surface area contributed by atoms with E-state index >= 15 is 0 Å². The maximum Gasteiger partial charge on any atom is 0.306 e. The highest BCUT2D eigenvalue weighted by atomic mass is 19.3. The van der Waals surface area contributed by atoms with Crippen LogP contribution in [-0.4, -0.2) is 17.7 Å². The van der Waals surface area contributed by atoms with Gasteiger partial charge in [-0.15, -0.1) is 0 Å². The van der Waals surface area contributed by atoms with Crippen LogP contribution in [0.4, 0.5) is 8.78 Å². The first kappa shape index (κ1) is 13.4. The number of carbonyl (C=O) groups is 1. The second-order valence-electron chi connectivity index (χ2n) is 3.49. The zero-order chi connectivity index (χ0) is 12.8. The molecule has 0 aliphatic heterocycles. The third-order valence-corrected chi connectivity index (χ3v) is 2.27. The Kier molecular flexibility index (Phi) is 4.87. The van der Waals surface area contributed by atoms with Gasteiger partial charge >= 0.3 is 5.97 Å². The predicted octanol–water partition coefficient (Wildman–Crippen LogP) is 2.83. The topological polar surface area (TPSA) is 46.5 Å². The van der Waals surface area contributed by atoms with Crippen molar-refractivity contribution in [2.45, 2.75) is 26.2 Å². The number of aromatic hydroxyl groups is 1. The third-order valence-electron chi connectivity index (χ3n) is 2.27. The molecule has 0 saturated carbocycles. The van der Waals surface area contributed by atoms with E-state index in [1.807, 2.05) is 0 Å². The SMILES string of the molecule is CCOC(=O)CCc1ccc(O)cc1C(F)F. The van der Waals surface area contributed by atoms with Crippen LogP contribution >= 0.6 is 0 Å². The number of alkyl halides is 2. The number of rotatable bonds is 5. The number of carbonyl (C=O) groups excluding carboxylic acids is 1. The molecule has 0 saturated heterocycles. The largest absolute Gasteiger partial charge is 0.508 e. The van der Waals surface area contributed by atoms with E-state index in [1.54, 1.807) is 6.92 Å². The number of benzene rings is 1. The molecule has 1 aromatic carbocycles. The average molecular weight is 244 g/mol. The number of ether oxygens (including phenoxy) is 1. The van der Waals surface area contributed by atoms with Crippen molar-refractivity contribution in [3.8, 4) is 5.75 Å². The lowest BCUT2D eigenvalue weighted by atomic mass is 10.0.